The molecular formula is C33H31ClN2O4. The molecule has 4 aromatic carbocycles. The topological polar surface area (TPSA) is 73.6 Å². The zero-order chi connectivity index (χ0) is 27.9. The average Bonchev–Trinajstić information content (AvgIpc) is 3.32. The molecule has 0 unspecified atom stereocenters. The van der Waals surface area contributed by atoms with Crippen LogP contribution < -0.4 is 9.47 Å². The minimum atomic E-state index is -1.01. The van der Waals surface area contributed by atoms with Gasteiger partial charge < -0.3 is 19.1 Å². The van der Waals surface area contributed by atoms with Crippen LogP contribution in [0.15, 0.2) is 91.0 Å². The van der Waals surface area contributed by atoms with Crippen molar-refractivity contribution in [3.05, 3.63) is 124 Å². The van der Waals surface area contributed by atoms with E-state index in [2.05, 4.69) is 47.9 Å². The summed E-state index contributed by atoms with van der Waals surface area (Å²) in [4.78, 5) is 15.7. The fraction of sp³-hybridized carbons (Fsp3) is 0.212. The maximum atomic E-state index is 10.8. The molecule has 204 valence electrons. The number of para-hydroxylation sites is 3. The van der Waals surface area contributed by atoms with Crippen LogP contribution in [0.1, 0.15) is 35.0 Å². The van der Waals surface area contributed by atoms with Crippen molar-refractivity contribution in [3.8, 4) is 11.5 Å². The van der Waals surface area contributed by atoms with Crippen LogP contribution in [0.3, 0.4) is 0 Å². The third kappa shape index (κ3) is 6.46. The van der Waals surface area contributed by atoms with Crippen LogP contribution in [0.5, 0.6) is 11.5 Å². The first-order chi connectivity index (χ1) is 19.5. The van der Waals surface area contributed by atoms with E-state index < -0.39 is 5.97 Å². The minimum absolute atomic E-state index is 0.369. The second-order valence-electron chi connectivity index (χ2n) is 9.57. The third-order valence-electron chi connectivity index (χ3n) is 6.87. The van der Waals surface area contributed by atoms with Crippen molar-refractivity contribution >= 4 is 28.6 Å². The van der Waals surface area contributed by atoms with Crippen LogP contribution in [-0.4, -0.2) is 27.2 Å². The normalized spacial score (nSPS) is 11.1. The first-order valence-electron chi connectivity index (χ1n) is 13.4. The molecule has 1 aromatic heterocycles. The molecule has 0 saturated heterocycles. The number of halogens is 1. The number of hydrogen-bond donors (Lipinski definition) is 1. The van der Waals surface area contributed by atoms with Crippen molar-refractivity contribution < 1.29 is 19.4 Å². The van der Waals surface area contributed by atoms with Gasteiger partial charge in [0.05, 0.1) is 17.6 Å². The van der Waals surface area contributed by atoms with Crippen LogP contribution in [0.4, 0.5) is 0 Å². The lowest BCUT2D eigenvalue weighted by atomic mass is 10.1. The molecule has 0 aliphatic heterocycles. The summed E-state index contributed by atoms with van der Waals surface area (Å²) in [7, 11) is 0. The monoisotopic (exact) mass is 554 g/mol. The standard InChI is InChI=1S/C33H31ClN2O4/c1-2-24-9-7-10-26(33(24)40-21-23-14-17-27(18-15-23)39-22-32(37)38)20-36-30-13-6-5-12-29(30)35-31(36)19-16-25-8-3-4-11-28(25)34/h3-15,17-18H,2,16,19-22H2,1H3,(H,37,38). The highest BCUT2D eigenvalue weighted by Crippen LogP contribution is 2.29. The molecule has 40 heavy (non-hydrogen) atoms. The molecule has 0 saturated carbocycles. The number of imidazole rings is 1. The Morgan fingerprint density at radius 1 is 0.850 bits per heavy atom. The Bertz CT molecular complexity index is 1610. The zero-order valence-electron chi connectivity index (χ0n) is 22.3. The van der Waals surface area contributed by atoms with Gasteiger partial charge in [-0.3, -0.25) is 0 Å². The fourth-order valence-corrected chi connectivity index (χ4v) is 5.05. The largest absolute Gasteiger partial charge is 0.488 e. The molecule has 0 aliphatic rings. The van der Waals surface area contributed by atoms with Crippen LogP contribution in [0.2, 0.25) is 5.02 Å². The highest BCUT2D eigenvalue weighted by molar-refractivity contribution is 6.31. The van der Waals surface area contributed by atoms with Crippen LogP contribution in [-0.2, 0) is 37.2 Å². The van der Waals surface area contributed by atoms with Crippen molar-refractivity contribution in [3.63, 3.8) is 0 Å². The molecule has 0 bridgehead atoms. The predicted molar refractivity (Wildman–Crippen MR) is 157 cm³/mol. The van der Waals surface area contributed by atoms with Gasteiger partial charge in [0.25, 0.3) is 0 Å². The minimum Gasteiger partial charge on any atom is -0.488 e. The molecule has 5 aromatic rings. The fourth-order valence-electron chi connectivity index (χ4n) is 4.82. The Morgan fingerprint density at radius 2 is 1.57 bits per heavy atom. The third-order valence-corrected chi connectivity index (χ3v) is 7.23. The molecule has 0 aliphatic carbocycles. The number of nitrogens with zero attached hydrogens (tertiary/aromatic N) is 2. The van der Waals surface area contributed by atoms with Gasteiger partial charge in [0, 0.05) is 17.0 Å². The molecule has 5 rings (SSSR count). The summed E-state index contributed by atoms with van der Waals surface area (Å²) in [6.45, 7) is 2.77. The van der Waals surface area contributed by atoms with Gasteiger partial charge in [-0.05, 0) is 59.9 Å². The molecular weight excluding hydrogens is 524 g/mol. The van der Waals surface area contributed by atoms with Crippen molar-refractivity contribution in [2.24, 2.45) is 0 Å². The van der Waals surface area contributed by atoms with Gasteiger partial charge in [-0.25, -0.2) is 9.78 Å². The van der Waals surface area contributed by atoms with E-state index in [9.17, 15) is 4.79 Å². The second-order valence-corrected chi connectivity index (χ2v) is 9.98. The molecule has 0 radical (unpaired) electrons. The lowest BCUT2D eigenvalue weighted by Crippen LogP contribution is -2.10. The van der Waals surface area contributed by atoms with Crippen molar-refractivity contribution in [1.29, 1.82) is 0 Å². The number of carbonyl (C=O) groups is 1. The predicted octanol–water partition coefficient (Wildman–Crippen LogP) is 7.13. The number of ether oxygens (including phenoxy) is 2. The summed E-state index contributed by atoms with van der Waals surface area (Å²) in [5.74, 6) is 1.39. The number of rotatable bonds is 12. The van der Waals surface area contributed by atoms with E-state index in [1.807, 2.05) is 42.5 Å². The second kappa shape index (κ2) is 12.7. The summed E-state index contributed by atoms with van der Waals surface area (Å²) >= 11 is 6.44. The van der Waals surface area contributed by atoms with Crippen molar-refractivity contribution in [1.82, 2.24) is 9.55 Å². The molecule has 0 spiro atoms. The van der Waals surface area contributed by atoms with Gasteiger partial charge in [-0.15, -0.1) is 0 Å². The van der Waals surface area contributed by atoms with Crippen molar-refractivity contribution in [2.45, 2.75) is 39.3 Å². The first kappa shape index (κ1) is 27.3. The van der Waals surface area contributed by atoms with E-state index in [4.69, 9.17) is 31.2 Å². The van der Waals surface area contributed by atoms with E-state index in [1.54, 1.807) is 12.1 Å². The summed E-state index contributed by atoms with van der Waals surface area (Å²) in [6, 6.07) is 29.8. The number of carboxylic acids is 1. The highest BCUT2D eigenvalue weighted by atomic mass is 35.5. The highest BCUT2D eigenvalue weighted by Gasteiger charge is 2.16. The van der Waals surface area contributed by atoms with Gasteiger partial charge in [0.2, 0.25) is 0 Å². The number of carboxylic acid groups (broad SMARTS) is 1. The van der Waals surface area contributed by atoms with E-state index in [-0.39, 0.29) is 6.61 Å². The van der Waals surface area contributed by atoms with Gasteiger partial charge in [0.1, 0.15) is 23.9 Å². The van der Waals surface area contributed by atoms with Gasteiger partial charge in [-0.2, -0.15) is 0 Å². The Labute approximate surface area is 238 Å². The quantitative estimate of drug-likeness (QED) is 0.178. The lowest BCUT2D eigenvalue weighted by molar-refractivity contribution is -0.139. The molecule has 6 nitrogen and oxygen atoms in total. The number of aryl methyl sites for hydroxylation is 3. The van der Waals surface area contributed by atoms with Crippen LogP contribution >= 0.6 is 11.6 Å². The average molecular weight is 555 g/mol. The number of aliphatic carboxylic acids is 1. The number of hydrogen-bond acceptors (Lipinski definition) is 4. The SMILES string of the molecule is CCc1cccc(Cn2c(CCc3ccccc3Cl)nc3ccccc32)c1OCc1ccc(OCC(=O)O)cc1. The van der Waals surface area contributed by atoms with E-state index in [0.717, 1.165) is 69.1 Å². The Balaban J connectivity index is 1.39. The van der Waals surface area contributed by atoms with Gasteiger partial charge in [-0.1, -0.05) is 79.2 Å². The van der Waals surface area contributed by atoms with Crippen LogP contribution in [0, 0.1) is 0 Å². The Hall–Kier alpha value is -4.29. The van der Waals surface area contributed by atoms with Crippen molar-refractivity contribution in [2.75, 3.05) is 6.61 Å². The smallest absolute Gasteiger partial charge is 0.341 e. The Kier molecular flexibility index (Phi) is 8.67. The molecule has 1 heterocycles. The summed E-state index contributed by atoms with van der Waals surface area (Å²) < 4.78 is 14.0. The first-order valence-corrected chi connectivity index (χ1v) is 13.7. The van der Waals surface area contributed by atoms with Gasteiger partial charge >= 0.3 is 5.97 Å². The molecule has 7 heteroatoms. The van der Waals surface area contributed by atoms with E-state index in [0.29, 0.717) is 18.9 Å². The number of aromatic nitrogens is 2. The summed E-state index contributed by atoms with van der Waals surface area (Å²) in [5.41, 5.74) is 6.36. The molecule has 0 fully saturated rings. The van der Waals surface area contributed by atoms with Crippen LogP contribution in [0.25, 0.3) is 11.0 Å². The maximum Gasteiger partial charge on any atom is 0.341 e. The lowest BCUT2D eigenvalue weighted by Gasteiger charge is -2.18. The number of benzene rings is 4. The van der Waals surface area contributed by atoms with E-state index in [1.165, 1.54) is 0 Å². The molecule has 0 amide bonds. The molecule has 1 N–H and O–H groups in total. The van der Waals surface area contributed by atoms with E-state index >= 15 is 0 Å². The number of fused-ring (bicyclic) bond motifs is 1. The summed E-state index contributed by atoms with van der Waals surface area (Å²) in [5, 5.41) is 9.60. The Morgan fingerprint density at radius 3 is 2.35 bits per heavy atom. The maximum absolute atomic E-state index is 10.8. The van der Waals surface area contributed by atoms with Gasteiger partial charge in [0.15, 0.2) is 6.61 Å². The summed E-state index contributed by atoms with van der Waals surface area (Å²) in [6.07, 6.45) is 2.40. The molecule has 0 atom stereocenters. The zero-order valence-corrected chi connectivity index (χ0v) is 23.1.